The summed E-state index contributed by atoms with van der Waals surface area (Å²) in [5.74, 6) is -0.769. The zero-order valence-electron chi connectivity index (χ0n) is 12.1. The molecule has 0 saturated carbocycles. The maximum absolute atomic E-state index is 12.1. The number of carbonyl (C=O) groups is 2. The van der Waals surface area contributed by atoms with Gasteiger partial charge in [0, 0.05) is 31.4 Å². The number of urea groups is 1. The molecule has 2 aliphatic heterocycles. The second kappa shape index (κ2) is 7.36. The molecule has 3 heterocycles. The van der Waals surface area contributed by atoms with Crippen LogP contribution in [-0.4, -0.2) is 93.8 Å². The summed E-state index contributed by atoms with van der Waals surface area (Å²) in [7, 11) is -4.55. The van der Waals surface area contributed by atoms with Crippen molar-refractivity contribution in [3.8, 4) is 0 Å². The van der Waals surface area contributed by atoms with Crippen molar-refractivity contribution in [1.82, 2.24) is 19.5 Å². The van der Waals surface area contributed by atoms with E-state index >= 15 is 0 Å². The molecule has 0 unspecified atom stereocenters. The monoisotopic (exact) mass is 364 g/mol. The average molecular weight is 364 g/mol. The van der Waals surface area contributed by atoms with Crippen LogP contribution in [0.5, 0.6) is 0 Å². The van der Waals surface area contributed by atoms with Crippen molar-refractivity contribution in [2.24, 2.45) is 0 Å². The van der Waals surface area contributed by atoms with Crippen LogP contribution < -0.4 is 5.32 Å². The van der Waals surface area contributed by atoms with Gasteiger partial charge in [0.2, 0.25) is 0 Å². The van der Waals surface area contributed by atoms with Gasteiger partial charge in [-0.05, 0) is 18.6 Å². The number of rotatable bonds is 4. The van der Waals surface area contributed by atoms with Gasteiger partial charge in [0.05, 0.1) is 6.04 Å². The fraction of sp³-hybridized carbons (Fsp3) is 0.462. The number of nitrogens with zero attached hydrogens (tertiary/aromatic N) is 3. The van der Waals surface area contributed by atoms with Gasteiger partial charge in [0.1, 0.15) is 6.04 Å². The quantitative estimate of drug-likeness (QED) is 0.392. The molecule has 0 radical (unpaired) electrons. The Balaban J connectivity index is 0.00000208. The van der Waals surface area contributed by atoms with E-state index in [0.717, 1.165) is 5.69 Å². The first-order valence-electron chi connectivity index (χ1n) is 7.14. The van der Waals surface area contributed by atoms with Gasteiger partial charge in [-0.15, -0.1) is 0 Å². The van der Waals surface area contributed by atoms with E-state index in [-0.39, 0.29) is 36.1 Å². The first kappa shape index (κ1) is 19.1. The Kier molecular flexibility index (Phi) is 5.87. The molecule has 1 aromatic rings. The number of amides is 3. The fourth-order valence-corrected chi connectivity index (χ4v) is 3.89. The molecule has 0 aromatic carbocycles. The Morgan fingerprint density at radius 2 is 2.17 bits per heavy atom. The fourth-order valence-electron chi connectivity index (χ4n) is 2.99. The summed E-state index contributed by atoms with van der Waals surface area (Å²) in [5, 5.41) is 2.70. The van der Waals surface area contributed by atoms with E-state index in [2.05, 4.69) is 10.3 Å². The third-order valence-electron chi connectivity index (χ3n) is 4.03. The molecule has 2 atom stereocenters. The minimum absolute atomic E-state index is 0. The average Bonchev–Trinajstić information content (AvgIpc) is 2.85. The molecule has 3 rings (SSSR count). The second-order valence-corrected chi connectivity index (χ2v) is 6.70. The van der Waals surface area contributed by atoms with Gasteiger partial charge >= 0.3 is 45.9 Å². The molecule has 3 amide bonds. The Morgan fingerprint density at radius 3 is 2.79 bits per heavy atom. The van der Waals surface area contributed by atoms with Crippen molar-refractivity contribution in [3.63, 3.8) is 0 Å². The Morgan fingerprint density at radius 1 is 1.42 bits per heavy atom. The number of hydrogen-bond acceptors (Lipinski definition) is 5. The van der Waals surface area contributed by atoms with Crippen molar-refractivity contribution in [1.29, 1.82) is 0 Å². The van der Waals surface area contributed by atoms with Crippen LogP contribution in [0.15, 0.2) is 24.4 Å². The predicted octanol–water partition coefficient (Wildman–Crippen LogP) is -1.23. The molecule has 2 fully saturated rings. The van der Waals surface area contributed by atoms with Crippen LogP contribution in [0, 0.1) is 0 Å². The van der Waals surface area contributed by atoms with E-state index in [1.165, 1.54) is 4.90 Å². The van der Waals surface area contributed by atoms with Crippen LogP contribution in [0.1, 0.15) is 12.1 Å². The summed E-state index contributed by atoms with van der Waals surface area (Å²) < 4.78 is 31.7. The van der Waals surface area contributed by atoms with Crippen LogP contribution in [0.2, 0.25) is 0 Å². The minimum atomic E-state index is -4.55. The molecule has 126 valence electrons. The van der Waals surface area contributed by atoms with E-state index in [1.807, 2.05) is 12.1 Å². The summed E-state index contributed by atoms with van der Waals surface area (Å²) in [6, 6.07) is 3.60. The van der Waals surface area contributed by atoms with Gasteiger partial charge in [-0.1, -0.05) is 6.07 Å². The van der Waals surface area contributed by atoms with Crippen LogP contribution in [0.3, 0.4) is 0 Å². The topological polar surface area (TPSA) is 120 Å². The zero-order chi connectivity index (χ0) is 16.6. The summed E-state index contributed by atoms with van der Waals surface area (Å²) >= 11 is 0. The number of fused-ring (bicyclic) bond motifs is 1. The first-order valence-corrected chi connectivity index (χ1v) is 8.54. The van der Waals surface area contributed by atoms with Crippen LogP contribution >= 0.6 is 0 Å². The molecular weight excluding hydrogens is 347 g/mol. The van der Waals surface area contributed by atoms with Gasteiger partial charge in [0.15, 0.2) is 0 Å². The van der Waals surface area contributed by atoms with Gasteiger partial charge in [0.25, 0.3) is 5.91 Å². The predicted molar refractivity (Wildman–Crippen MR) is 85.8 cm³/mol. The van der Waals surface area contributed by atoms with E-state index in [1.54, 1.807) is 12.3 Å². The number of β-lactam (4-membered cyclic amide) rings is 1. The molecular formula is C13H17N4NaO5S. The molecule has 24 heavy (non-hydrogen) atoms. The third kappa shape index (κ3) is 3.57. The van der Waals surface area contributed by atoms with Crippen molar-refractivity contribution in [3.05, 3.63) is 30.1 Å². The zero-order valence-corrected chi connectivity index (χ0v) is 12.9. The molecule has 2 aliphatic rings. The van der Waals surface area contributed by atoms with E-state index in [4.69, 9.17) is 4.55 Å². The maximum atomic E-state index is 12.1. The van der Waals surface area contributed by atoms with Crippen molar-refractivity contribution in [2.45, 2.75) is 24.9 Å². The molecule has 9 nitrogen and oxygen atoms in total. The number of carbonyl (C=O) groups excluding carboxylic acids is 2. The van der Waals surface area contributed by atoms with E-state index in [9.17, 15) is 18.0 Å². The Hall–Kier alpha value is -1.20. The molecule has 11 heteroatoms. The number of hydrogen-bond donors (Lipinski definition) is 2. The molecule has 0 aliphatic carbocycles. The van der Waals surface area contributed by atoms with Gasteiger partial charge in [-0.3, -0.25) is 14.3 Å². The summed E-state index contributed by atoms with van der Waals surface area (Å²) in [4.78, 5) is 29.4. The number of aromatic nitrogens is 1. The van der Waals surface area contributed by atoms with Gasteiger partial charge < -0.3 is 10.2 Å². The Bertz CT molecular complexity index is 729. The number of likely N-dealkylation sites (tertiary alicyclic amines) is 1. The molecule has 0 bridgehead atoms. The number of pyridine rings is 1. The first-order chi connectivity index (χ1) is 10.9. The van der Waals surface area contributed by atoms with Gasteiger partial charge in [-0.2, -0.15) is 8.42 Å². The summed E-state index contributed by atoms with van der Waals surface area (Å²) in [5.41, 5.74) is 0.837. The summed E-state index contributed by atoms with van der Waals surface area (Å²) in [6.45, 7) is 0.627. The molecule has 2 saturated heterocycles. The van der Waals surface area contributed by atoms with Crippen LogP contribution in [-0.2, 0) is 21.5 Å². The van der Waals surface area contributed by atoms with E-state index in [0.29, 0.717) is 23.7 Å². The molecule has 0 spiro atoms. The van der Waals surface area contributed by atoms with E-state index < -0.39 is 34.3 Å². The second-order valence-electron chi connectivity index (χ2n) is 5.41. The van der Waals surface area contributed by atoms with Crippen LogP contribution in [0.25, 0.3) is 0 Å². The van der Waals surface area contributed by atoms with Crippen molar-refractivity contribution < 1.29 is 22.6 Å². The summed E-state index contributed by atoms with van der Waals surface area (Å²) in [6.07, 6.45) is 2.54. The molecule has 2 N–H and O–H groups in total. The van der Waals surface area contributed by atoms with Gasteiger partial charge in [-0.25, -0.2) is 9.10 Å². The number of nitrogens with one attached hydrogen (secondary N) is 1. The normalized spacial score (nSPS) is 22.5. The standard InChI is InChI=1S/C13H16N4O5S.Na.H/c18-12-11-10(17(12)23(20,21)22)5-8-16(11)13(19)15-7-4-9-3-1-2-6-14-9;;/h1-3,6,10-11H,4-5,7-8H2,(H,15,19)(H,20,21,22);;/t10-,11+;;/m1../s1. The van der Waals surface area contributed by atoms with Crippen LogP contribution in [0.4, 0.5) is 4.79 Å². The van der Waals surface area contributed by atoms with Crippen molar-refractivity contribution >= 4 is 51.8 Å². The molecule has 1 aromatic heterocycles. The SMILES string of the molecule is O=C(NCCc1ccccn1)N1CC[C@@H]2[C@H]1C(=O)N2S(=O)(=O)O.[NaH]. The van der Waals surface area contributed by atoms with Crippen molar-refractivity contribution in [2.75, 3.05) is 13.1 Å². The Labute approximate surface area is 161 Å². The third-order valence-corrected chi connectivity index (χ3v) is 4.98.